The highest BCUT2D eigenvalue weighted by molar-refractivity contribution is 5.71. The number of hydrogen-bond acceptors (Lipinski definition) is 6. The number of carbonyl (C=O) groups is 3. The standard InChI is InChI=1S/C54H94O6/c1-4-7-10-13-16-19-22-24-25-26-27-28-29-30-33-35-38-41-44-47-53(56)59-50-51(49-58-52(55)46-43-40-37-34-31-21-18-15-12-9-6-3)60-54(57)48-45-42-39-36-32-23-20-17-14-11-8-5-2/h8,11,16-17,19-20,22,24,32,36,51H,4-7,9-10,12-15,18,21,23,25-31,33-35,37-50H2,1-3H3/b11-8-,19-16-,20-17-,24-22-,36-32-. The summed E-state index contributed by atoms with van der Waals surface area (Å²) in [4.78, 5) is 37.9. The Labute approximate surface area is 370 Å². The first kappa shape index (κ1) is 57.1. The second-order valence-corrected chi connectivity index (χ2v) is 16.7. The molecule has 0 aliphatic rings. The van der Waals surface area contributed by atoms with Crippen LogP contribution in [-0.4, -0.2) is 37.2 Å². The molecule has 0 bridgehead atoms. The summed E-state index contributed by atoms with van der Waals surface area (Å²) in [5.74, 6) is -0.930. The van der Waals surface area contributed by atoms with Gasteiger partial charge in [-0.05, 0) is 77.0 Å². The summed E-state index contributed by atoms with van der Waals surface area (Å²) < 4.78 is 16.7. The molecule has 0 radical (unpaired) electrons. The number of hydrogen-bond donors (Lipinski definition) is 0. The first-order valence-electron chi connectivity index (χ1n) is 25.3. The maximum absolute atomic E-state index is 12.7. The van der Waals surface area contributed by atoms with E-state index in [0.717, 1.165) is 70.6 Å². The van der Waals surface area contributed by atoms with Crippen LogP contribution in [0.3, 0.4) is 0 Å². The van der Waals surface area contributed by atoms with Gasteiger partial charge in [0.25, 0.3) is 0 Å². The highest BCUT2D eigenvalue weighted by Gasteiger charge is 2.19. The Balaban J connectivity index is 4.35. The van der Waals surface area contributed by atoms with Crippen molar-refractivity contribution in [2.75, 3.05) is 13.2 Å². The molecule has 6 nitrogen and oxygen atoms in total. The summed E-state index contributed by atoms with van der Waals surface area (Å²) in [6.45, 7) is 6.45. The summed E-state index contributed by atoms with van der Waals surface area (Å²) in [5, 5.41) is 0. The maximum Gasteiger partial charge on any atom is 0.306 e. The van der Waals surface area contributed by atoms with Gasteiger partial charge in [-0.2, -0.15) is 0 Å². The topological polar surface area (TPSA) is 78.9 Å². The lowest BCUT2D eigenvalue weighted by atomic mass is 10.1. The van der Waals surface area contributed by atoms with E-state index in [-0.39, 0.29) is 37.5 Å². The van der Waals surface area contributed by atoms with Crippen LogP contribution in [0.15, 0.2) is 60.8 Å². The van der Waals surface area contributed by atoms with Crippen molar-refractivity contribution < 1.29 is 28.6 Å². The van der Waals surface area contributed by atoms with Crippen LogP contribution in [0.25, 0.3) is 0 Å². The van der Waals surface area contributed by atoms with Gasteiger partial charge in [-0.3, -0.25) is 14.4 Å². The fourth-order valence-electron chi connectivity index (χ4n) is 6.98. The summed E-state index contributed by atoms with van der Waals surface area (Å²) in [5.41, 5.74) is 0. The minimum absolute atomic E-state index is 0.0890. The van der Waals surface area contributed by atoms with Crippen LogP contribution in [0.5, 0.6) is 0 Å². The highest BCUT2D eigenvalue weighted by Crippen LogP contribution is 2.15. The molecule has 0 aliphatic carbocycles. The first-order valence-corrected chi connectivity index (χ1v) is 25.3. The minimum atomic E-state index is -0.791. The van der Waals surface area contributed by atoms with Crippen LogP contribution in [0, 0.1) is 0 Å². The molecule has 0 N–H and O–H groups in total. The van der Waals surface area contributed by atoms with Crippen LogP contribution in [0.4, 0.5) is 0 Å². The molecule has 346 valence electrons. The number of esters is 3. The molecule has 0 saturated heterocycles. The van der Waals surface area contributed by atoms with E-state index in [4.69, 9.17) is 14.2 Å². The third kappa shape index (κ3) is 46.2. The van der Waals surface area contributed by atoms with Crippen LogP contribution in [0.2, 0.25) is 0 Å². The monoisotopic (exact) mass is 839 g/mol. The zero-order chi connectivity index (χ0) is 43.7. The van der Waals surface area contributed by atoms with Crippen LogP contribution in [-0.2, 0) is 28.6 Å². The van der Waals surface area contributed by atoms with Crippen LogP contribution in [0.1, 0.15) is 245 Å². The molecular formula is C54H94O6. The van der Waals surface area contributed by atoms with E-state index in [1.54, 1.807) is 0 Å². The minimum Gasteiger partial charge on any atom is -0.462 e. The molecule has 0 heterocycles. The molecule has 0 saturated carbocycles. The summed E-state index contributed by atoms with van der Waals surface area (Å²) in [6, 6.07) is 0. The molecule has 0 aromatic rings. The molecule has 1 atom stereocenters. The summed E-state index contributed by atoms with van der Waals surface area (Å²) in [7, 11) is 0. The van der Waals surface area contributed by atoms with Crippen molar-refractivity contribution in [3.05, 3.63) is 60.8 Å². The highest BCUT2D eigenvalue weighted by atomic mass is 16.6. The fraction of sp³-hybridized carbons (Fsp3) is 0.759. The lowest BCUT2D eigenvalue weighted by molar-refractivity contribution is -0.167. The molecule has 0 spiro atoms. The summed E-state index contributed by atoms with van der Waals surface area (Å²) in [6.07, 6.45) is 59.2. The fourth-order valence-corrected chi connectivity index (χ4v) is 6.98. The number of allylic oxidation sites excluding steroid dienone is 10. The Kier molecular flexibility index (Phi) is 46.4. The van der Waals surface area contributed by atoms with Crippen molar-refractivity contribution in [1.82, 2.24) is 0 Å². The molecule has 60 heavy (non-hydrogen) atoms. The van der Waals surface area contributed by atoms with E-state index in [1.807, 2.05) is 0 Å². The van der Waals surface area contributed by atoms with Crippen molar-refractivity contribution in [3.63, 3.8) is 0 Å². The second-order valence-electron chi connectivity index (χ2n) is 16.7. The quantitative estimate of drug-likeness (QED) is 0.0200. The average molecular weight is 839 g/mol. The van der Waals surface area contributed by atoms with Gasteiger partial charge >= 0.3 is 17.9 Å². The number of carbonyl (C=O) groups excluding carboxylic acids is 3. The largest absolute Gasteiger partial charge is 0.462 e. The van der Waals surface area contributed by atoms with Crippen molar-refractivity contribution in [2.24, 2.45) is 0 Å². The Hall–Kier alpha value is -2.89. The smallest absolute Gasteiger partial charge is 0.306 e. The molecule has 0 aromatic carbocycles. The van der Waals surface area contributed by atoms with Gasteiger partial charge in [0.1, 0.15) is 13.2 Å². The predicted octanol–water partition coefficient (Wildman–Crippen LogP) is 16.5. The molecule has 0 aliphatic heterocycles. The van der Waals surface area contributed by atoms with E-state index >= 15 is 0 Å². The van der Waals surface area contributed by atoms with Gasteiger partial charge in [0.2, 0.25) is 0 Å². The van der Waals surface area contributed by atoms with Crippen molar-refractivity contribution in [3.8, 4) is 0 Å². The van der Waals surface area contributed by atoms with Crippen LogP contribution < -0.4 is 0 Å². The molecule has 0 aromatic heterocycles. The van der Waals surface area contributed by atoms with E-state index in [2.05, 4.69) is 81.5 Å². The van der Waals surface area contributed by atoms with Gasteiger partial charge in [-0.1, -0.05) is 210 Å². The third-order valence-corrected chi connectivity index (χ3v) is 10.8. The molecule has 1 unspecified atom stereocenters. The van der Waals surface area contributed by atoms with Crippen LogP contribution >= 0.6 is 0 Å². The average Bonchev–Trinajstić information content (AvgIpc) is 3.24. The normalized spacial score (nSPS) is 12.5. The molecule has 6 heteroatoms. The number of unbranched alkanes of at least 4 members (excludes halogenated alkanes) is 25. The number of ether oxygens (including phenoxy) is 3. The zero-order valence-corrected chi connectivity index (χ0v) is 39.5. The van der Waals surface area contributed by atoms with Crippen molar-refractivity contribution >= 4 is 17.9 Å². The maximum atomic E-state index is 12.7. The Morgan fingerprint density at radius 2 is 0.700 bits per heavy atom. The van der Waals surface area contributed by atoms with Gasteiger partial charge in [-0.15, -0.1) is 0 Å². The Morgan fingerprint density at radius 1 is 0.367 bits per heavy atom. The Bertz CT molecular complexity index is 1100. The lowest BCUT2D eigenvalue weighted by Crippen LogP contribution is -2.30. The first-order chi connectivity index (χ1) is 29.5. The van der Waals surface area contributed by atoms with E-state index in [9.17, 15) is 14.4 Å². The zero-order valence-electron chi connectivity index (χ0n) is 39.5. The molecule has 0 fully saturated rings. The van der Waals surface area contributed by atoms with Gasteiger partial charge in [0, 0.05) is 19.3 Å². The SMILES string of the molecule is CC/C=C\C/C=C\C/C=C\CCCCC(=O)OC(COC(=O)CCCCCCCCCCCCC)COC(=O)CCCCCCCCCCCC/C=C\C=C/CCCCC. The number of rotatable bonds is 45. The molecule has 0 amide bonds. The van der Waals surface area contributed by atoms with E-state index in [1.165, 1.54) is 128 Å². The van der Waals surface area contributed by atoms with Gasteiger partial charge in [-0.25, -0.2) is 0 Å². The second kappa shape index (κ2) is 48.8. The Morgan fingerprint density at radius 3 is 1.18 bits per heavy atom. The van der Waals surface area contributed by atoms with Gasteiger partial charge < -0.3 is 14.2 Å². The van der Waals surface area contributed by atoms with Gasteiger partial charge in [0.15, 0.2) is 6.10 Å². The third-order valence-electron chi connectivity index (χ3n) is 10.8. The summed E-state index contributed by atoms with van der Waals surface area (Å²) >= 11 is 0. The van der Waals surface area contributed by atoms with Crippen molar-refractivity contribution in [1.29, 1.82) is 0 Å². The molecule has 0 rings (SSSR count). The van der Waals surface area contributed by atoms with Gasteiger partial charge in [0.05, 0.1) is 0 Å². The lowest BCUT2D eigenvalue weighted by Gasteiger charge is -2.18. The predicted molar refractivity (Wildman–Crippen MR) is 256 cm³/mol. The van der Waals surface area contributed by atoms with Crippen molar-refractivity contribution in [2.45, 2.75) is 252 Å². The van der Waals surface area contributed by atoms with E-state index < -0.39 is 6.10 Å². The molecular weight excluding hydrogens is 745 g/mol. The van der Waals surface area contributed by atoms with E-state index in [0.29, 0.717) is 19.3 Å².